The zero-order chi connectivity index (χ0) is 14.5. The Morgan fingerprint density at radius 2 is 2.05 bits per heavy atom. The van der Waals surface area contributed by atoms with Gasteiger partial charge in [-0.2, -0.15) is 0 Å². The molecule has 1 aromatic rings. The lowest BCUT2D eigenvalue weighted by Crippen LogP contribution is -2.38. The highest BCUT2D eigenvalue weighted by molar-refractivity contribution is 9.10. The Balaban J connectivity index is 2.69. The number of likely N-dealkylation sites (N-methyl/N-ethyl adjacent to an activating group) is 1. The Labute approximate surface area is 123 Å². The summed E-state index contributed by atoms with van der Waals surface area (Å²) in [4.78, 5) is 0. The SMILES string of the molecule is CCNC(COC(C)(C)C)Cc1cc(Br)ccc1F. The Kier molecular flexibility index (Phi) is 6.43. The lowest BCUT2D eigenvalue weighted by atomic mass is 10.1. The van der Waals surface area contributed by atoms with Crippen LogP contribution in [0.2, 0.25) is 0 Å². The van der Waals surface area contributed by atoms with Crippen molar-refractivity contribution in [3.8, 4) is 0 Å². The molecule has 19 heavy (non-hydrogen) atoms. The number of nitrogens with one attached hydrogen (secondary N) is 1. The Morgan fingerprint density at radius 1 is 1.37 bits per heavy atom. The second-order valence-electron chi connectivity index (χ2n) is 5.62. The van der Waals surface area contributed by atoms with Crippen LogP contribution in [-0.4, -0.2) is 24.8 Å². The maximum atomic E-state index is 13.8. The van der Waals surface area contributed by atoms with E-state index in [0.29, 0.717) is 18.6 Å². The van der Waals surface area contributed by atoms with Crippen LogP contribution in [0.15, 0.2) is 22.7 Å². The van der Waals surface area contributed by atoms with E-state index in [1.165, 1.54) is 6.07 Å². The van der Waals surface area contributed by atoms with Crippen LogP contribution in [0, 0.1) is 5.82 Å². The van der Waals surface area contributed by atoms with Crippen LogP contribution in [0.4, 0.5) is 4.39 Å². The maximum Gasteiger partial charge on any atom is 0.126 e. The molecule has 1 unspecified atom stereocenters. The summed E-state index contributed by atoms with van der Waals surface area (Å²) in [5.74, 6) is -0.165. The molecule has 0 saturated heterocycles. The van der Waals surface area contributed by atoms with Gasteiger partial charge in [0.15, 0.2) is 0 Å². The van der Waals surface area contributed by atoms with E-state index in [-0.39, 0.29) is 17.5 Å². The second-order valence-corrected chi connectivity index (χ2v) is 6.53. The molecule has 0 heterocycles. The highest BCUT2D eigenvalue weighted by atomic mass is 79.9. The fourth-order valence-electron chi connectivity index (χ4n) is 1.79. The Hall–Kier alpha value is -0.450. The van der Waals surface area contributed by atoms with E-state index in [1.54, 1.807) is 6.07 Å². The standard InChI is InChI=1S/C15H23BrFNO/c1-5-18-13(10-19-15(2,3)4)9-11-8-12(16)6-7-14(11)17/h6-8,13,18H,5,9-10H2,1-4H3. The molecule has 0 fully saturated rings. The Bertz CT molecular complexity index is 404. The summed E-state index contributed by atoms with van der Waals surface area (Å²) in [7, 11) is 0. The van der Waals surface area contributed by atoms with E-state index in [9.17, 15) is 4.39 Å². The van der Waals surface area contributed by atoms with E-state index >= 15 is 0 Å². The number of hydrogen-bond donors (Lipinski definition) is 1. The van der Waals surface area contributed by atoms with Crippen LogP contribution in [0.25, 0.3) is 0 Å². The van der Waals surface area contributed by atoms with Gasteiger partial charge in [-0.1, -0.05) is 22.9 Å². The van der Waals surface area contributed by atoms with Crippen molar-refractivity contribution in [2.45, 2.75) is 45.8 Å². The van der Waals surface area contributed by atoms with Crippen molar-refractivity contribution in [1.82, 2.24) is 5.32 Å². The van der Waals surface area contributed by atoms with Crippen molar-refractivity contribution >= 4 is 15.9 Å². The van der Waals surface area contributed by atoms with E-state index in [2.05, 4.69) is 21.2 Å². The minimum Gasteiger partial charge on any atom is -0.374 e. The number of hydrogen-bond acceptors (Lipinski definition) is 2. The van der Waals surface area contributed by atoms with Crippen molar-refractivity contribution < 1.29 is 9.13 Å². The third-order valence-corrected chi connectivity index (χ3v) is 3.18. The van der Waals surface area contributed by atoms with Gasteiger partial charge < -0.3 is 10.1 Å². The van der Waals surface area contributed by atoms with Crippen molar-refractivity contribution in [2.75, 3.05) is 13.2 Å². The van der Waals surface area contributed by atoms with E-state index in [1.807, 2.05) is 33.8 Å². The molecule has 0 saturated carbocycles. The lowest BCUT2D eigenvalue weighted by molar-refractivity contribution is -0.0142. The third kappa shape index (κ3) is 6.50. The van der Waals surface area contributed by atoms with E-state index in [0.717, 1.165) is 11.0 Å². The minimum atomic E-state index is -0.177. The normalized spacial score (nSPS) is 13.6. The largest absolute Gasteiger partial charge is 0.374 e. The first kappa shape index (κ1) is 16.6. The van der Waals surface area contributed by atoms with Crippen LogP contribution >= 0.6 is 15.9 Å². The molecule has 0 aliphatic heterocycles. The first-order valence-electron chi connectivity index (χ1n) is 6.63. The number of benzene rings is 1. The van der Waals surface area contributed by atoms with Gasteiger partial charge >= 0.3 is 0 Å². The molecule has 1 atom stereocenters. The average molecular weight is 332 g/mol. The quantitative estimate of drug-likeness (QED) is 0.852. The van der Waals surface area contributed by atoms with Gasteiger partial charge in [0, 0.05) is 10.5 Å². The average Bonchev–Trinajstić information content (AvgIpc) is 2.30. The molecule has 0 bridgehead atoms. The molecule has 0 spiro atoms. The third-order valence-electron chi connectivity index (χ3n) is 2.68. The monoisotopic (exact) mass is 331 g/mol. The zero-order valence-electron chi connectivity index (χ0n) is 12.1. The minimum absolute atomic E-state index is 0.119. The summed E-state index contributed by atoms with van der Waals surface area (Å²) >= 11 is 3.38. The highest BCUT2D eigenvalue weighted by Gasteiger charge is 2.16. The Morgan fingerprint density at radius 3 is 2.63 bits per heavy atom. The van der Waals surface area contributed by atoms with Crippen molar-refractivity contribution in [3.63, 3.8) is 0 Å². The summed E-state index contributed by atoms with van der Waals surface area (Å²) in [6.07, 6.45) is 0.620. The summed E-state index contributed by atoms with van der Waals surface area (Å²) in [5.41, 5.74) is 0.529. The summed E-state index contributed by atoms with van der Waals surface area (Å²) in [6.45, 7) is 9.53. The molecule has 2 nitrogen and oxygen atoms in total. The molecular formula is C15H23BrFNO. The van der Waals surface area contributed by atoms with E-state index < -0.39 is 0 Å². The lowest BCUT2D eigenvalue weighted by Gasteiger charge is -2.25. The predicted molar refractivity (Wildman–Crippen MR) is 81.0 cm³/mol. The molecule has 0 aliphatic rings. The van der Waals surface area contributed by atoms with Gasteiger partial charge in [0.2, 0.25) is 0 Å². The van der Waals surface area contributed by atoms with Gasteiger partial charge in [0.1, 0.15) is 5.82 Å². The molecule has 0 amide bonds. The number of rotatable bonds is 6. The zero-order valence-corrected chi connectivity index (χ0v) is 13.7. The van der Waals surface area contributed by atoms with Crippen molar-refractivity contribution in [2.24, 2.45) is 0 Å². The van der Waals surface area contributed by atoms with Gasteiger partial charge in [-0.15, -0.1) is 0 Å². The molecule has 0 aliphatic carbocycles. The summed E-state index contributed by atoms with van der Waals surface area (Å²) in [5, 5.41) is 3.34. The van der Waals surface area contributed by atoms with Crippen molar-refractivity contribution in [3.05, 3.63) is 34.1 Å². The fourth-order valence-corrected chi connectivity index (χ4v) is 2.20. The van der Waals surface area contributed by atoms with Crippen LogP contribution in [0.3, 0.4) is 0 Å². The maximum absolute atomic E-state index is 13.8. The number of ether oxygens (including phenoxy) is 1. The predicted octanol–water partition coefficient (Wildman–Crippen LogP) is 3.92. The van der Waals surface area contributed by atoms with Crippen LogP contribution in [0.5, 0.6) is 0 Å². The molecule has 1 rings (SSSR count). The molecule has 1 aromatic carbocycles. The smallest absolute Gasteiger partial charge is 0.126 e. The second kappa shape index (κ2) is 7.36. The van der Waals surface area contributed by atoms with E-state index in [4.69, 9.17) is 4.74 Å². The molecule has 4 heteroatoms. The van der Waals surface area contributed by atoms with Crippen molar-refractivity contribution in [1.29, 1.82) is 0 Å². The summed E-state index contributed by atoms with van der Waals surface area (Å²) in [6, 6.07) is 5.16. The molecular weight excluding hydrogens is 309 g/mol. The molecule has 0 aromatic heterocycles. The van der Waals surface area contributed by atoms with Crippen LogP contribution in [0.1, 0.15) is 33.3 Å². The van der Waals surface area contributed by atoms with Crippen LogP contribution < -0.4 is 5.32 Å². The summed E-state index contributed by atoms with van der Waals surface area (Å²) < 4.78 is 20.4. The van der Waals surface area contributed by atoms with Gasteiger partial charge in [0.05, 0.1) is 12.2 Å². The van der Waals surface area contributed by atoms with Gasteiger partial charge in [-0.05, 0) is 57.5 Å². The number of halogens is 2. The first-order valence-corrected chi connectivity index (χ1v) is 7.42. The van der Waals surface area contributed by atoms with Gasteiger partial charge in [-0.3, -0.25) is 0 Å². The topological polar surface area (TPSA) is 21.3 Å². The fraction of sp³-hybridized carbons (Fsp3) is 0.600. The van der Waals surface area contributed by atoms with Gasteiger partial charge in [-0.25, -0.2) is 4.39 Å². The highest BCUT2D eigenvalue weighted by Crippen LogP contribution is 2.18. The molecule has 108 valence electrons. The molecule has 1 N–H and O–H groups in total. The van der Waals surface area contributed by atoms with Gasteiger partial charge in [0.25, 0.3) is 0 Å². The molecule has 0 radical (unpaired) electrons. The first-order chi connectivity index (χ1) is 8.81. The van der Waals surface area contributed by atoms with Crippen LogP contribution in [-0.2, 0) is 11.2 Å².